The molecule has 0 saturated heterocycles. The van der Waals surface area contributed by atoms with Crippen molar-refractivity contribution in [1.82, 2.24) is 0 Å². The molecule has 0 aliphatic heterocycles. The van der Waals surface area contributed by atoms with Crippen molar-refractivity contribution >= 4 is 34.6 Å². The number of carbonyl (C=O) groups excluding carboxylic acids is 1. The minimum absolute atomic E-state index is 0.147. The van der Waals surface area contributed by atoms with Crippen molar-refractivity contribution in [3.05, 3.63) is 57.6 Å². The lowest BCUT2D eigenvalue weighted by molar-refractivity contribution is -0.383. The quantitative estimate of drug-likeness (QED) is 0.612. The van der Waals surface area contributed by atoms with Crippen molar-refractivity contribution in [2.45, 2.75) is 13.0 Å². The van der Waals surface area contributed by atoms with Crippen molar-refractivity contribution in [2.75, 3.05) is 17.7 Å². The van der Waals surface area contributed by atoms with Gasteiger partial charge in [0.25, 0.3) is 5.69 Å². The SMILES string of the molecule is COc1ccc(NC(C)C(=O)Nc2ccccc2[N+](=O)[O-])cc1Cl. The van der Waals surface area contributed by atoms with Crippen LogP contribution in [0.5, 0.6) is 5.75 Å². The highest BCUT2D eigenvalue weighted by Gasteiger charge is 2.18. The van der Waals surface area contributed by atoms with E-state index >= 15 is 0 Å². The topological polar surface area (TPSA) is 93.5 Å². The molecule has 0 aliphatic carbocycles. The van der Waals surface area contributed by atoms with Crippen LogP contribution in [0.2, 0.25) is 5.02 Å². The fourth-order valence-corrected chi connectivity index (χ4v) is 2.31. The molecular weight excluding hydrogens is 334 g/mol. The summed E-state index contributed by atoms with van der Waals surface area (Å²) < 4.78 is 5.06. The Morgan fingerprint density at radius 3 is 2.62 bits per heavy atom. The molecule has 0 fully saturated rings. The number of carbonyl (C=O) groups is 1. The van der Waals surface area contributed by atoms with Crippen LogP contribution in [0.4, 0.5) is 17.1 Å². The highest BCUT2D eigenvalue weighted by atomic mass is 35.5. The van der Waals surface area contributed by atoms with E-state index in [0.29, 0.717) is 16.5 Å². The van der Waals surface area contributed by atoms with Crippen molar-refractivity contribution < 1.29 is 14.5 Å². The molecule has 0 heterocycles. The molecule has 2 aromatic rings. The molecule has 0 spiro atoms. The zero-order valence-corrected chi connectivity index (χ0v) is 13.8. The minimum atomic E-state index is -0.630. The van der Waals surface area contributed by atoms with Gasteiger partial charge in [0.1, 0.15) is 17.5 Å². The molecule has 7 nitrogen and oxygen atoms in total. The van der Waals surface area contributed by atoms with E-state index in [1.807, 2.05) is 0 Å². The van der Waals surface area contributed by atoms with Crippen molar-refractivity contribution in [3.63, 3.8) is 0 Å². The van der Waals surface area contributed by atoms with Gasteiger partial charge < -0.3 is 15.4 Å². The van der Waals surface area contributed by atoms with Gasteiger partial charge in [0.15, 0.2) is 0 Å². The standard InChI is InChI=1S/C16H16ClN3O4/c1-10(18-11-7-8-15(24-2)12(17)9-11)16(21)19-13-5-3-4-6-14(13)20(22)23/h3-10,18H,1-2H3,(H,19,21). The summed E-state index contributed by atoms with van der Waals surface area (Å²) in [5.74, 6) is 0.121. The van der Waals surface area contributed by atoms with E-state index in [0.717, 1.165) is 0 Å². The summed E-state index contributed by atoms with van der Waals surface area (Å²) in [5, 5.41) is 16.9. The number of benzene rings is 2. The number of hydrogen-bond acceptors (Lipinski definition) is 5. The Labute approximate surface area is 143 Å². The highest BCUT2D eigenvalue weighted by Crippen LogP contribution is 2.28. The lowest BCUT2D eigenvalue weighted by atomic mass is 10.2. The third-order valence-electron chi connectivity index (χ3n) is 3.29. The number of halogens is 1. The second kappa shape index (κ2) is 7.65. The van der Waals surface area contributed by atoms with E-state index < -0.39 is 16.9 Å². The van der Waals surface area contributed by atoms with Gasteiger partial charge in [0, 0.05) is 11.8 Å². The number of nitrogens with one attached hydrogen (secondary N) is 2. The summed E-state index contributed by atoms with van der Waals surface area (Å²) >= 11 is 6.04. The van der Waals surface area contributed by atoms with Crippen LogP contribution in [0.25, 0.3) is 0 Å². The predicted molar refractivity (Wildman–Crippen MR) is 92.8 cm³/mol. The maximum atomic E-state index is 12.2. The van der Waals surface area contributed by atoms with Gasteiger partial charge in [-0.25, -0.2) is 0 Å². The lowest BCUT2D eigenvalue weighted by Gasteiger charge is -2.16. The Morgan fingerprint density at radius 1 is 1.29 bits per heavy atom. The second-order valence-corrected chi connectivity index (χ2v) is 5.39. The summed E-state index contributed by atoms with van der Waals surface area (Å²) in [6.07, 6.45) is 0. The van der Waals surface area contributed by atoms with Crippen LogP contribution in [0, 0.1) is 10.1 Å². The van der Waals surface area contributed by atoms with Crippen LogP contribution in [-0.2, 0) is 4.79 Å². The van der Waals surface area contributed by atoms with E-state index in [4.69, 9.17) is 16.3 Å². The Bertz CT molecular complexity index is 767. The van der Waals surface area contributed by atoms with Crippen LogP contribution >= 0.6 is 11.6 Å². The Hall–Kier alpha value is -2.80. The summed E-state index contributed by atoms with van der Waals surface area (Å²) in [4.78, 5) is 22.7. The molecule has 0 aliphatic rings. The predicted octanol–water partition coefficient (Wildman–Crippen LogP) is 3.70. The van der Waals surface area contributed by atoms with E-state index in [1.54, 1.807) is 31.2 Å². The Kier molecular flexibility index (Phi) is 5.59. The first-order chi connectivity index (χ1) is 11.4. The highest BCUT2D eigenvalue weighted by molar-refractivity contribution is 6.32. The molecule has 2 rings (SSSR count). The molecule has 24 heavy (non-hydrogen) atoms. The zero-order chi connectivity index (χ0) is 17.7. The van der Waals surface area contributed by atoms with Crippen LogP contribution in [0.1, 0.15) is 6.92 Å². The molecule has 0 radical (unpaired) electrons. The fraction of sp³-hybridized carbons (Fsp3) is 0.188. The number of rotatable bonds is 6. The first kappa shape index (κ1) is 17.6. The monoisotopic (exact) mass is 349 g/mol. The van der Waals surface area contributed by atoms with E-state index in [1.165, 1.54) is 25.3 Å². The maximum Gasteiger partial charge on any atom is 0.292 e. The number of nitrogens with zero attached hydrogens (tertiary/aromatic N) is 1. The number of hydrogen-bond donors (Lipinski definition) is 2. The number of nitro groups is 1. The van der Waals surface area contributed by atoms with Gasteiger partial charge in [-0.2, -0.15) is 0 Å². The van der Waals surface area contributed by atoms with Crippen LogP contribution in [0.15, 0.2) is 42.5 Å². The molecule has 0 saturated carbocycles. The minimum Gasteiger partial charge on any atom is -0.495 e. The molecule has 2 N–H and O–H groups in total. The van der Waals surface area contributed by atoms with Gasteiger partial charge in [0.2, 0.25) is 5.91 Å². The number of ether oxygens (including phenoxy) is 1. The van der Waals surface area contributed by atoms with E-state index in [-0.39, 0.29) is 11.4 Å². The Balaban J connectivity index is 2.08. The summed E-state index contributed by atoms with van der Waals surface area (Å²) in [7, 11) is 1.51. The van der Waals surface area contributed by atoms with Gasteiger partial charge in [-0.1, -0.05) is 23.7 Å². The first-order valence-corrected chi connectivity index (χ1v) is 7.44. The third-order valence-corrected chi connectivity index (χ3v) is 3.58. The molecule has 0 bridgehead atoms. The molecule has 0 aromatic heterocycles. The molecule has 1 amide bonds. The number of nitro benzene ring substituents is 1. The summed E-state index contributed by atoms with van der Waals surface area (Å²) in [6.45, 7) is 1.64. The Morgan fingerprint density at radius 2 is 2.00 bits per heavy atom. The molecule has 126 valence electrons. The summed E-state index contributed by atoms with van der Waals surface area (Å²) in [6, 6.07) is 10.4. The second-order valence-electron chi connectivity index (χ2n) is 4.98. The lowest BCUT2D eigenvalue weighted by Crippen LogP contribution is -2.32. The number of methoxy groups -OCH3 is 1. The van der Waals surface area contributed by atoms with Gasteiger partial charge in [-0.3, -0.25) is 14.9 Å². The number of para-hydroxylation sites is 2. The smallest absolute Gasteiger partial charge is 0.292 e. The average molecular weight is 350 g/mol. The first-order valence-electron chi connectivity index (χ1n) is 7.06. The molecule has 2 aromatic carbocycles. The molecular formula is C16H16ClN3O4. The normalized spacial score (nSPS) is 11.5. The van der Waals surface area contributed by atoms with Gasteiger partial charge in [-0.05, 0) is 31.2 Å². The average Bonchev–Trinajstić information content (AvgIpc) is 2.55. The van der Waals surface area contributed by atoms with E-state index in [9.17, 15) is 14.9 Å². The molecule has 1 atom stereocenters. The largest absolute Gasteiger partial charge is 0.495 e. The fourth-order valence-electron chi connectivity index (χ4n) is 2.05. The third kappa shape index (κ3) is 4.14. The van der Waals surface area contributed by atoms with E-state index in [2.05, 4.69) is 10.6 Å². The summed E-state index contributed by atoms with van der Waals surface area (Å²) in [5.41, 5.74) is 0.616. The van der Waals surface area contributed by atoms with Gasteiger partial charge >= 0.3 is 0 Å². The van der Waals surface area contributed by atoms with Crippen LogP contribution in [0.3, 0.4) is 0 Å². The zero-order valence-electron chi connectivity index (χ0n) is 13.1. The molecule has 1 unspecified atom stereocenters. The van der Waals surface area contributed by atoms with Crippen molar-refractivity contribution in [1.29, 1.82) is 0 Å². The number of anilines is 2. The number of amides is 1. The maximum absolute atomic E-state index is 12.2. The van der Waals surface area contributed by atoms with Gasteiger partial charge in [0.05, 0.1) is 17.1 Å². The van der Waals surface area contributed by atoms with Gasteiger partial charge in [-0.15, -0.1) is 0 Å². The van der Waals surface area contributed by atoms with Crippen LogP contribution < -0.4 is 15.4 Å². The van der Waals surface area contributed by atoms with Crippen molar-refractivity contribution in [2.24, 2.45) is 0 Å². The van der Waals surface area contributed by atoms with Crippen molar-refractivity contribution in [3.8, 4) is 5.75 Å². The molecule has 8 heteroatoms. The van der Waals surface area contributed by atoms with Crippen LogP contribution in [-0.4, -0.2) is 24.0 Å².